The Hall–Kier alpha value is -3.45. The smallest absolute Gasteiger partial charge is 0.321 e. The number of methoxy groups -OCH3 is 1. The topological polar surface area (TPSA) is 118 Å². The van der Waals surface area contributed by atoms with Gasteiger partial charge < -0.3 is 20.3 Å². The molecule has 32 heavy (non-hydrogen) atoms. The van der Waals surface area contributed by atoms with Crippen LogP contribution in [0, 0.1) is 28.5 Å². The summed E-state index contributed by atoms with van der Waals surface area (Å²) < 4.78 is 18.7. The molecule has 0 spiro atoms. The van der Waals surface area contributed by atoms with Crippen molar-refractivity contribution in [3.63, 3.8) is 0 Å². The van der Waals surface area contributed by atoms with Crippen molar-refractivity contribution in [2.24, 2.45) is 5.92 Å². The van der Waals surface area contributed by atoms with Crippen LogP contribution in [0.2, 0.25) is 0 Å². The number of nitrogens with zero attached hydrogens (tertiary/aromatic N) is 2. The maximum atomic E-state index is 13.3. The highest BCUT2D eigenvalue weighted by Gasteiger charge is 2.29. The molecule has 3 rings (SSSR count). The monoisotopic (exact) mass is 501 g/mol. The van der Waals surface area contributed by atoms with Crippen LogP contribution in [0.4, 0.5) is 20.6 Å². The van der Waals surface area contributed by atoms with Crippen LogP contribution < -0.4 is 15.4 Å². The normalized spacial score (nSPS) is 13.8. The zero-order valence-electron chi connectivity index (χ0n) is 17.2. The number of anilines is 2. The van der Waals surface area contributed by atoms with E-state index in [1.807, 2.05) is 6.07 Å². The quantitative estimate of drug-likeness (QED) is 0.415. The van der Waals surface area contributed by atoms with Gasteiger partial charge in [-0.2, -0.15) is 5.26 Å². The fraction of sp³-hybridized carbons (Fsp3) is 0.273. The Morgan fingerprint density at radius 1 is 1.19 bits per heavy atom. The molecule has 0 aliphatic carbocycles. The molecule has 2 amide bonds. The predicted octanol–water partition coefficient (Wildman–Crippen LogP) is 4.37. The number of rotatable bonds is 5. The molecule has 0 atom stereocenters. The molecule has 1 saturated heterocycles. The number of amidine groups is 1. The number of hydrogen-bond acceptors (Lipinski definition) is 5. The van der Waals surface area contributed by atoms with Crippen molar-refractivity contribution in [2.45, 2.75) is 12.8 Å². The third-order valence-corrected chi connectivity index (χ3v) is 5.77. The highest BCUT2D eigenvalue weighted by molar-refractivity contribution is 9.10. The first kappa shape index (κ1) is 23.2. The lowest BCUT2D eigenvalue weighted by Crippen LogP contribution is -2.44. The minimum Gasteiger partial charge on any atom is -0.495 e. The molecule has 1 fully saturated rings. The van der Waals surface area contributed by atoms with Crippen LogP contribution in [0.5, 0.6) is 5.75 Å². The minimum atomic E-state index is -0.432. The third-order valence-electron chi connectivity index (χ3n) is 5.16. The van der Waals surface area contributed by atoms with E-state index in [4.69, 9.17) is 15.4 Å². The van der Waals surface area contributed by atoms with Gasteiger partial charge in [0.25, 0.3) is 0 Å². The number of halogens is 2. The Labute approximate surface area is 193 Å². The van der Waals surface area contributed by atoms with Gasteiger partial charge in [0.15, 0.2) is 5.84 Å². The number of amides is 2. The summed E-state index contributed by atoms with van der Waals surface area (Å²) >= 11 is 3.07. The third kappa shape index (κ3) is 5.42. The number of Topliss-reactive ketones (excluding diaryl/α,β-unsaturated/α-hetero) is 1. The van der Waals surface area contributed by atoms with Crippen LogP contribution >= 0.6 is 15.9 Å². The van der Waals surface area contributed by atoms with Gasteiger partial charge in [-0.25, -0.2) is 9.18 Å². The SMILES string of the molecule is COc1cc(NC(=O)N2CCC(C(=O)C(=N)Nc3ccc(F)c(Br)c3)CC2)ccc1C#N. The van der Waals surface area contributed by atoms with Crippen LogP contribution in [-0.4, -0.2) is 42.7 Å². The molecular formula is C22H21BrFN5O3. The van der Waals surface area contributed by atoms with Gasteiger partial charge in [-0.05, 0) is 59.1 Å². The van der Waals surface area contributed by atoms with Crippen molar-refractivity contribution in [3.05, 3.63) is 52.3 Å². The van der Waals surface area contributed by atoms with E-state index in [1.54, 1.807) is 23.1 Å². The molecule has 0 radical (unpaired) electrons. The van der Waals surface area contributed by atoms with Crippen LogP contribution in [-0.2, 0) is 4.79 Å². The fourth-order valence-corrected chi connectivity index (χ4v) is 3.77. The molecule has 8 nitrogen and oxygen atoms in total. The van der Waals surface area contributed by atoms with E-state index < -0.39 is 5.82 Å². The number of piperidine rings is 1. The molecule has 2 aromatic rings. The predicted molar refractivity (Wildman–Crippen MR) is 121 cm³/mol. The zero-order chi connectivity index (χ0) is 23.3. The summed E-state index contributed by atoms with van der Waals surface area (Å²) in [7, 11) is 1.45. The number of ketones is 1. The molecular weight excluding hydrogens is 481 g/mol. The fourth-order valence-electron chi connectivity index (χ4n) is 3.39. The number of urea groups is 1. The van der Waals surface area contributed by atoms with Crippen molar-refractivity contribution in [2.75, 3.05) is 30.8 Å². The highest BCUT2D eigenvalue weighted by atomic mass is 79.9. The van der Waals surface area contributed by atoms with Gasteiger partial charge in [0.1, 0.15) is 17.6 Å². The lowest BCUT2D eigenvalue weighted by Gasteiger charge is -2.31. The van der Waals surface area contributed by atoms with E-state index in [2.05, 4.69) is 26.6 Å². The number of benzene rings is 2. The molecule has 3 N–H and O–H groups in total. The Bertz CT molecular complexity index is 1090. The summed E-state index contributed by atoms with van der Waals surface area (Å²) in [5.41, 5.74) is 1.31. The Balaban J connectivity index is 1.53. The molecule has 1 heterocycles. The van der Waals surface area contributed by atoms with E-state index in [0.717, 1.165) is 0 Å². The number of hydrogen-bond donors (Lipinski definition) is 3. The summed E-state index contributed by atoms with van der Waals surface area (Å²) in [5, 5.41) is 22.6. The summed E-state index contributed by atoms with van der Waals surface area (Å²) in [6.45, 7) is 0.732. The minimum absolute atomic E-state index is 0.238. The van der Waals surface area contributed by atoms with E-state index in [0.29, 0.717) is 48.6 Å². The average Bonchev–Trinajstić information content (AvgIpc) is 2.80. The van der Waals surface area contributed by atoms with E-state index in [-0.39, 0.29) is 28.0 Å². The second kappa shape index (κ2) is 10.2. The Morgan fingerprint density at radius 2 is 1.84 bits per heavy atom. The summed E-state index contributed by atoms with van der Waals surface area (Å²) in [6.07, 6.45) is 0.861. The van der Waals surface area contributed by atoms with Crippen LogP contribution in [0.3, 0.4) is 0 Å². The van der Waals surface area contributed by atoms with E-state index in [9.17, 15) is 14.0 Å². The number of ether oxygens (including phenoxy) is 1. The molecule has 1 aliphatic heterocycles. The van der Waals surface area contributed by atoms with Gasteiger partial charge in [0, 0.05) is 36.4 Å². The zero-order valence-corrected chi connectivity index (χ0v) is 18.8. The van der Waals surface area contributed by atoms with Crippen molar-refractivity contribution in [1.29, 1.82) is 10.7 Å². The molecule has 1 aliphatic rings. The lowest BCUT2D eigenvalue weighted by atomic mass is 9.92. The van der Waals surface area contributed by atoms with Crippen molar-refractivity contribution in [1.82, 2.24) is 4.90 Å². The number of carbonyl (C=O) groups excluding carboxylic acids is 2. The number of nitrogens with one attached hydrogen (secondary N) is 3. The van der Waals surface area contributed by atoms with Gasteiger partial charge in [0.2, 0.25) is 5.78 Å². The summed E-state index contributed by atoms with van der Waals surface area (Å²) in [5.74, 6) is -1.05. The molecule has 2 aromatic carbocycles. The van der Waals surface area contributed by atoms with Gasteiger partial charge in [-0.1, -0.05) is 0 Å². The molecule has 10 heteroatoms. The average molecular weight is 502 g/mol. The van der Waals surface area contributed by atoms with E-state index >= 15 is 0 Å². The number of nitriles is 1. The maximum Gasteiger partial charge on any atom is 0.321 e. The first-order valence-corrected chi connectivity index (χ1v) is 10.6. The standard InChI is InChI=1S/C22H21BrFN5O3/c1-32-19-11-16(3-2-14(19)12-25)28-22(31)29-8-6-13(7-9-29)20(30)21(26)27-15-4-5-18(24)17(23)10-15/h2-5,10-11,13H,6-9H2,1H3,(H2,26,27)(H,28,31). The van der Waals surface area contributed by atoms with Crippen molar-refractivity contribution < 1.29 is 18.7 Å². The largest absolute Gasteiger partial charge is 0.495 e. The number of carbonyl (C=O) groups is 2. The summed E-state index contributed by atoms with van der Waals surface area (Å²) in [4.78, 5) is 26.8. The molecule has 0 unspecified atom stereocenters. The molecule has 166 valence electrons. The van der Waals surface area contributed by atoms with Crippen molar-refractivity contribution >= 4 is 45.0 Å². The number of likely N-dealkylation sites (tertiary alicyclic amines) is 1. The first-order valence-electron chi connectivity index (χ1n) is 9.81. The highest BCUT2D eigenvalue weighted by Crippen LogP contribution is 2.25. The van der Waals surface area contributed by atoms with Crippen molar-refractivity contribution in [3.8, 4) is 11.8 Å². The second-order valence-corrected chi connectivity index (χ2v) is 8.07. The van der Waals surface area contributed by atoms with Crippen LogP contribution in [0.25, 0.3) is 0 Å². The van der Waals surface area contributed by atoms with Gasteiger partial charge in [-0.15, -0.1) is 0 Å². The maximum absolute atomic E-state index is 13.3. The second-order valence-electron chi connectivity index (χ2n) is 7.21. The van der Waals surface area contributed by atoms with E-state index in [1.165, 1.54) is 25.3 Å². The van der Waals surface area contributed by atoms with Gasteiger partial charge in [-0.3, -0.25) is 10.2 Å². The molecule has 0 bridgehead atoms. The lowest BCUT2D eigenvalue weighted by molar-refractivity contribution is -0.117. The first-order chi connectivity index (χ1) is 15.3. The van der Waals surface area contributed by atoms with Crippen LogP contribution in [0.15, 0.2) is 40.9 Å². The Morgan fingerprint density at radius 3 is 2.47 bits per heavy atom. The van der Waals surface area contributed by atoms with Crippen LogP contribution in [0.1, 0.15) is 18.4 Å². The van der Waals surface area contributed by atoms with Gasteiger partial charge in [0.05, 0.1) is 17.1 Å². The Kier molecular flexibility index (Phi) is 7.43. The van der Waals surface area contributed by atoms with Gasteiger partial charge >= 0.3 is 6.03 Å². The molecule has 0 saturated carbocycles. The summed E-state index contributed by atoms with van der Waals surface area (Å²) in [6, 6.07) is 10.6. The molecule has 0 aromatic heterocycles.